The van der Waals surface area contributed by atoms with Crippen molar-refractivity contribution in [1.29, 1.82) is 0 Å². The van der Waals surface area contributed by atoms with Crippen molar-refractivity contribution in [3.63, 3.8) is 0 Å². The van der Waals surface area contributed by atoms with E-state index in [0.717, 1.165) is 42.3 Å². The molecule has 4 nitrogen and oxygen atoms in total. The molecule has 0 amide bonds. The zero-order valence-corrected chi connectivity index (χ0v) is 11.5. The summed E-state index contributed by atoms with van der Waals surface area (Å²) in [5, 5.41) is 0. The summed E-state index contributed by atoms with van der Waals surface area (Å²) in [6, 6.07) is 6.10. The Kier molecular flexibility index (Phi) is 3.11. The van der Waals surface area contributed by atoms with Gasteiger partial charge in [-0.3, -0.25) is 0 Å². The van der Waals surface area contributed by atoms with Crippen LogP contribution in [0.5, 0.6) is 5.75 Å². The Balaban J connectivity index is 2.08. The van der Waals surface area contributed by atoms with Gasteiger partial charge in [0.15, 0.2) is 0 Å². The van der Waals surface area contributed by atoms with Crippen molar-refractivity contribution in [2.75, 3.05) is 12.3 Å². The Labute approximate surface area is 118 Å². The molecule has 0 unspecified atom stereocenters. The highest BCUT2D eigenvalue weighted by molar-refractivity contribution is 5.72. The van der Waals surface area contributed by atoms with Crippen LogP contribution in [0.3, 0.4) is 0 Å². The first-order valence-corrected chi connectivity index (χ1v) is 6.79. The van der Waals surface area contributed by atoms with Crippen LogP contribution in [0.25, 0.3) is 11.3 Å². The summed E-state index contributed by atoms with van der Waals surface area (Å²) in [5.74, 6) is 5.15. The highest BCUT2D eigenvalue weighted by Gasteiger charge is 2.18. The van der Waals surface area contributed by atoms with Gasteiger partial charge in [0, 0.05) is 18.4 Å². The van der Waals surface area contributed by atoms with Crippen LogP contribution in [0.2, 0.25) is 0 Å². The van der Waals surface area contributed by atoms with Gasteiger partial charge >= 0.3 is 0 Å². The lowest BCUT2D eigenvalue weighted by molar-refractivity contribution is 0.357. The lowest BCUT2D eigenvalue weighted by atomic mass is 10.1. The number of nitrogens with two attached hydrogens (primary N) is 1. The van der Waals surface area contributed by atoms with Crippen molar-refractivity contribution in [3.05, 3.63) is 29.6 Å². The summed E-state index contributed by atoms with van der Waals surface area (Å²) in [6.45, 7) is 3.26. The van der Waals surface area contributed by atoms with E-state index in [2.05, 4.69) is 23.9 Å². The quantitative estimate of drug-likeness (QED) is 0.868. The van der Waals surface area contributed by atoms with E-state index in [9.17, 15) is 0 Å². The molecule has 1 aromatic heterocycles. The van der Waals surface area contributed by atoms with E-state index in [1.165, 1.54) is 5.56 Å². The average Bonchev–Trinajstić information content (AvgIpc) is 3.04. The number of hydrogen-bond acceptors (Lipinski definition) is 3. The van der Waals surface area contributed by atoms with Gasteiger partial charge in [-0.1, -0.05) is 12.8 Å². The Morgan fingerprint density at radius 1 is 1.50 bits per heavy atom. The summed E-state index contributed by atoms with van der Waals surface area (Å²) in [7, 11) is 0. The minimum atomic E-state index is 0.454. The third-order valence-electron chi connectivity index (χ3n) is 3.61. The van der Waals surface area contributed by atoms with Crippen LogP contribution >= 0.6 is 0 Å². The molecule has 4 heteroatoms. The van der Waals surface area contributed by atoms with Gasteiger partial charge in [0.05, 0.1) is 13.2 Å². The van der Waals surface area contributed by atoms with Gasteiger partial charge < -0.3 is 15.0 Å². The lowest BCUT2D eigenvalue weighted by Gasteiger charge is -2.05. The molecule has 0 radical (unpaired) electrons. The minimum Gasteiger partial charge on any atom is -0.493 e. The smallest absolute Gasteiger partial charge is 0.132 e. The largest absolute Gasteiger partial charge is 0.493 e. The zero-order chi connectivity index (χ0) is 14.1. The van der Waals surface area contributed by atoms with E-state index in [1.54, 1.807) is 0 Å². The highest BCUT2D eigenvalue weighted by Crippen LogP contribution is 2.33. The Bertz CT molecular complexity index is 694. The van der Waals surface area contributed by atoms with Crippen LogP contribution < -0.4 is 10.5 Å². The number of aryl methyl sites for hydroxylation is 1. The number of benzene rings is 1. The maximum Gasteiger partial charge on any atom is 0.132 e. The lowest BCUT2D eigenvalue weighted by Crippen LogP contribution is -2.05. The molecule has 1 aliphatic heterocycles. The van der Waals surface area contributed by atoms with Crippen molar-refractivity contribution in [1.82, 2.24) is 9.55 Å². The Morgan fingerprint density at radius 2 is 2.35 bits per heavy atom. The van der Waals surface area contributed by atoms with E-state index >= 15 is 0 Å². The second kappa shape index (κ2) is 4.93. The third kappa shape index (κ3) is 1.92. The molecular formula is C16H17N3O. The molecule has 2 heterocycles. The number of imidazole rings is 1. The summed E-state index contributed by atoms with van der Waals surface area (Å²) in [5.41, 5.74) is 9.27. The van der Waals surface area contributed by atoms with Crippen molar-refractivity contribution in [2.45, 2.75) is 26.3 Å². The fourth-order valence-electron chi connectivity index (χ4n) is 2.60. The molecule has 20 heavy (non-hydrogen) atoms. The van der Waals surface area contributed by atoms with Gasteiger partial charge in [-0.25, -0.2) is 4.98 Å². The molecular weight excluding hydrogens is 250 g/mol. The highest BCUT2D eigenvalue weighted by atomic mass is 16.5. The van der Waals surface area contributed by atoms with Gasteiger partial charge in [0.1, 0.15) is 23.1 Å². The molecule has 2 aromatic rings. The average molecular weight is 267 g/mol. The van der Waals surface area contributed by atoms with E-state index in [1.807, 2.05) is 16.7 Å². The van der Waals surface area contributed by atoms with Crippen LogP contribution in [0, 0.1) is 12.3 Å². The maximum atomic E-state index is 6.22. The second-order valence-electron chi connectivity index (χ2n) is 4.83. The summed E-state index contributed by atoms with van der Waals surface area (Å²) < 4.78 is 7.43. The second-order valence-corrected chi connectivity index (χ2v) is 4.83. The molecule has 3 rings (SSSR count). The van der Waals surface area contributed by atoms with E-state index < -0.39 is 0 Å². The number of nitrogen functional groups attached to an aromatic ring is 1. The normalized spacial score (nSPS) is 12.8. The van der Waals surface area contributed by atoms with Crippen LogP contribution in [-0.4, -0.2) is 16.2 Å². The summed E-state index contributed by atoms with van der Waals surface area (Å²) in [4.78, 5) is 4.64. The van der Waals surface area contributed by atoms with Crippen LogP contribution in [0.4, 0.5) is 5.82 Å². The Hall–Kier alpha value is -2.41. The molecule has 0 saturated carbocycles. The number of rotatable bonds is 3. The van der Waals surface area contributed by atoms with Crippen molar-refractivity contribution < 1.29 is 4.74 Å². The topological polar surface area (TPSA) is 53.1 Å². The van der Waals surface area contributed by atoms with Gasteiger partial charge in [0.25, 0.3) is 0 Å². The van der Waals surface area contributed by atoms with Crippen molar-refractivity contribution >= 4 is 5.82 Å². The molecule has 102 valence electrons. The van der Waals surface area contributed by atoms with Gasteiger partial charge in [-0.2, -0.15) is 0 Å². The summed E-state index contributed by atoms with van der Waals surface area (Å²) >= 11 is 0. The first kappa shape index (κ1) is 12.6. The van der Waals surface area contributed by atoms with Crippen LogP contribution in [-0.2, 0) is 19.4 Å². The van der Waals surface area contributed by atoms with Gasteiger partial charge in [-0.05, 0) is 23.8 Å². The van der Waals surface area contributed by atoms with Crippen LogP contribution in [0.15, 0.2) is 18.2 Å². The molecule has 2 N–H and O–H groups in total. The molecule has 0 bridgehead atoms. The molecule has 0 atom stereocenters. The maximum absolute atomic E-state index is 6.22. The fraction of sp³-hybridized carbons (Fsp3) is 0.312. The summed E-state index contributed by atoms with van der Waals surface area (Å²) in [6.07, 6.45) is 7.15. The van der Waals surface area contributed by atoms with E-state index in [4.69, 9.17) is 16.9 Å². The third-order valence-corrected chi connectivity index (χ3v) is 3.61. The predicted molar refractivity (Wildman–Crippen MR) is 79.5 cm³/mol. The SMILES string of the molecule is C#CCn1c(CC)nc(-c2ccc3c(c2)CCO3)c1N. The van der Waals surface area contributed by atoms with Crippen molar-refractivity contribution in [2.24, 2.45) is 0 Å². The number of hydrogen-bond donors (Lipinski definition) is 1. The number of nitrogens with zero attached hydrogens (tertiary/aromatic N) is 2. The molecule has 0 fully saturated rings. The number of fused-ring (bicyclic) bond motifs is 1. The molecule has 0 saturated heterocycles. The van der Waals surface area contributed by atoms with Crippen molar-refractivity contribution in [3.8, 4) is 29.4 Å². The number of terminal acetylenes is 1. The molecule has 0 aliphatic carbocycles. The number of ether oxygens (including phenoxy) is 1. The monoisotopic (exact) mass is 267 g/mol. The standard InChI is InChI=1S/C16H17N3O/c1-3-8-19-14(4-2)18-15(16(19)17)12-5-6-13-11(10-12)7-9-20-13/h1,5-6,10H,4,7-9,17H2,2H3. The minimum absolute atomic E-state index is 0.454. The van der Waals surface area contributed by atoms with Gasteiger partial charge in [0.2, 0.25) is 0 Å². The van der Waals surface area contributed by atoms with E-state index in [-0.39, 0.29) is 0 Å². The van der Waals surface area contributed by atoms with Crippen LogP contribution in [0.1, 0.15) is 18.3 Å². The first-order valence-electron chi connectivity index (χ1n) is 6.79. The number of aromatic nitrogens is 2. The molecule has 1 aromatic carbocycles. The zero-order valence-electron chi connectivity index (χ0n) is 11.5. The van der Waals surface area contributed by atoms with E-state index in [0.29, 0.717) is 12.4 Å². The van der Waals surface area contributed by atoms with Gasteiger partial charge in [-0.15, -0.1) is 6.42 Å². The Morgan fingerprint density at radius 3 is 3.10 bits per heavy atom. The predicted octanol–water partition coefficient (Wildman–Crippen LogP) is 2.26. The molecule has 0 spiro atoms. The molecule has 1 aliphatic rings. The fourth-order valence-corrected chi connectivity index (χ4v) is 2.60. The number of anilines is 1. The first-order chi connectivity index (χ1) is 9.74.